The smallest absolute Gasteiger partial charge is 0.162 e. The van der Waals surface area contributed by atoms with E-state index in [0.29, 0.717) is 5.82 Å². The van der Waals surface area contributed by atoms with Crippen molar-refractivity contribution in [3.8, 4) is 39.5 Å². The van der Waals surface area contributed by atoms with Crippen LogP contribution in [0.15, 0.2) is 164 Å². The summed E-state index contributed by atoms with van der Waals surface area (Å²) in [5.41, 5.74) is 8.80. The van der Waals surface area contributed by atoms with Crippen molar-refractivity contribution in [1.82, 2.24) is 14.5 Å². The van der Waals surface area contributed by atoms with E-state index in [9.17, 15) is 0 Å². The van der Waals surface area contributed by atoms with Gasteiger partial charge in [0.05, 0.1) is 16.6 Å². The molecule has 0 bridgehead atoms. The summed E-state index contributed by atoms with van der Waals surface area (Å²) in [6, 6.07) is 57.9. The molecule has 0 aliphatic rings. The molecule has 0 saturated carbocycles. The summed E-state index contributed by atoms with van der Waals surface area (Å²) >= 11 is 0. The van der Waals surface area contributed by atoms with Gasteiger partial charge in [0.25, 0.3) is 0 Å². The number of benzene rings is 7. The van der Waals surface area contributed by atoms with Crippen molar-refractivity contribution in [2.24, 2.45) is 0 Å². The lowest BCUT2D eigenvalue weighted by Gasteiger charge is -2.14. The summed E-state index contributed by atoms with van der Waals surface area (Å²) < 4.78 is 2.32. The zero-order valence-corrected chi connectivity index (χ0v) is 24.4. The molecule has 0 atom stereocenters. The molecule has 45 heavy (non-hydrogen) atoms. The molecule has 9 rings (SSSR count). The Hall–Kier alpha value is -6.06. The first-order valence-electron chi connectivity index (χ1n) is 15.3. The van der Waals surface area contributed by atoms with Crippen molar-refractivity contribution in [1.29, 1.82) is 0 Å². The average molecular weight is 574 g/mol. The molecule has 0 amide bonds. The van der Waals surface area contributed by atoms with Crippen molar-refractivity contribution in [2.75, 3.05) is 0 Å². The number of hydrogen-bond donors (Lipinski definition) is 0. The van der Waals surface area contributed by atoms with Gasteiger partial charge in [-0.15, -0.1) is 0 Å². The third-order valence-corrected chi connectivity index (χ3v) is 8.79. The van der Waals surface area contributed by atoms with Gasteiger partial charge in [0.2, 0.25) is 0 Å². The highest BCUT2D eigenvalue weighted by molar-refractivity contribution is 6.14. The van der Waals surface area contributed by atoms with E-state index >= 15 is 0 Å². The fraction of sp³-hybridized carbons (Fsp3) is 0. The van der Waals surface area contributed by atoms with Crippen LogP contribution in [0.4, 0.5) is 0 Å². The molecule has 0 saturated heterocycles. The van der Waals surface area contributed by atoms with E-state index in [1.165, 1.54) is 32.7 Å². The molecule has 7 aromatic carbocycles. The lowest BCUT2D eigenvalue weighted by molar-refractivity contribution is 1.08. The predicted octanol–water partition coefficient (Wildman–Crippen LogP) is 10.9. The van der Waals surface area contributed by atoms with E-state index in [4.69, 9.17) is 9.97 Å². The monoisotopic (exact) mass is 573 g/mol. The molecule has 3 nitrogen and oxygen atoms in total. The summed E-state index contributed by atoms with van der Waals surface area (Å²) in [6.07, 6.45) is 0. The van der Waals surface area contributed by atoms with Crippen LogP contribution in [0.3, 0.4) is 0 Å². The minimum absolute atomic E-state index is 0.703. The summed E-state index contributed by atoms with van der Waals surface area (Å²) in [5.74, 6) is 1.58. The molecule has 0 N–H and O–H groups in total. The zero-order chi connectivity index (χ0) is 29.7. The SMILES string of the molecule is c1ccc(-c2ccc(-c3nc(-n4c5ccccc5c5cc6ccccc6cc54)c4ccc(-c5ccccc5)cc4n3)cc2)cc1. The Labute approximate surface area is 260 Å². The zero-order valence-electron chi connectivity index (χ0n) is 24.4. The maximum Gasteiger partial charge on any atom is 0.162 e. The fourth-order valence-corrected chi connectivity index (χ4v) is 6.55. The third kappa shape index (κ3) is 4.29. The van der Waals surface area contributed by atoms with E-state index in [1.807, 2.05) is 12.1 Å². The Bertz CT molecular complexity index is 2510. The van der Waals surface area contributed by atoms with Crippen LogP contribution in [0.1, 0.15) is 0 Å². The van der Waals surface area contributed by atoms with Gasteiger partial charge in [0.1, 0.15) is 5.82 Å². The molecular weight excluding hydrogens is 546 g/mol. The van der Waals surface area contributed by atoms with Gasteiger partial charge >= 0.3 is 0 Å². The van der Waals surface area contributed by atoms with Gasteiger partial charge in [-0.05, 0) is 63.4 Å². The number of fused-ring (bicyclic) bond motifs is 5. The third-order valence-electron chi connectivity index (χ3n) is 8.79. The van der Waals surface area contributed by atoms with Crippen LogP contribution in [0.5, 0.6) is 0 Å². The first kappa shape index (κ1) is 25.4. The quantitative estimate of drug-likeness (QED) is 0.210. The van der Waals surface area contributed by atoms with Gasteiger partial charge in [-0.3, -0.25) is 4.57 Å². The minimum atomic E-state index is 0.703. The molecule has 2 heterocycles. The van der Waals surface area contributed by atoms with E-state index in [2.05, 4.69) is 156 Å². The van der Waals surface area contributed by atoms with Crippen LogP contribution in [0.25, 0.3) is 82.9 Å². The largest absolute Gasteiger partial charge is 0.293 e. The molecule has 3 heteroatoms. The standard InChI is InChI=1S/C42H27N3/c1-3-11-28(12-4-1)30-19-21-31(22-20-30)41-43-38-26-34(29-13-5-2-6-14-29)23-24-36(38)42(44-41)45-39-18-10-9-17-35(39)37-25-32-15-7-8-16-33(32)27-40(37)45/h1-27H. The first-order chi connectivity index (χ1) is 22.3. The lowest BCUT2D eigenvalue weighted by atomic mass is 10.0. The van der Waals surface area contributed by atoms with Crippen molar-refractivity contribution in [3.63, 3.8) is 0 Å². The van der Waals surface area contributed by atoms with E-state index < -0.39 is 0 Å². The molecule has 0 fully saturated rings. The number of nitrogens with zero attached hydrogens (tertiary/aromatic N) is 3. The second kappa shape index (κ2) is 10.3. The Balaban J connectivity index is 1.33. The Morgan fingerprint density at radius 1 is 0.356 bits per heavy atom. The van der Waals surface area contributed by atoms with Crippen molar-refractivity contribution in [2.45, 2.75) is 0 Å². The predicted molar refractivity (Wildman–Crippen MR) is 188 cm³/mol. The Morgan fingerprint density at radius 3 is 1.69 bits per heavy atom. The molecule has 210 valence electrons. The van der Waals surface area contributed by atoms with Gasteiger partial charge in [0.15, 0.2) is 5.82 Å². The van der Waals surface area contributed by atoms with Gasteiger partial charge in [-0.2, -0.15) is 0 Å². The number of rotatable bonds is 4. The van der Waals surface area contributed by atoms with Crippen LogP contribution in [0, 0.1) is 0 Å². The maximum absolute atomic E-state index is 5.35. The minimum Gasteiger partial charge on any atom is -0.293 e. The van der Waals surface area contributed by atoms with Gasteiger partial charge in [-0.1, -0.05) is 133 Å². The summed E-state index contributed by atoms with van der Waals surface area (Å²) in [5, 5.41) is 5.86. The molecule has 9 aromatic rings. The highest BCUT2D eigenvalue weighted by atomic mass is 15.1. The molecule has 0 aliphatic carbocycles. The summed E-state index contributed by atoms with van der Waals surface area (Å²) in [6.45, 7) is 0. The van der Waals surface area contributed by atoms with E-state index in [-0.39, 0.29) is 0 Å². The normalized spacial score (nSPS) is 11.6. The maximum atomic E-state index is 5.35. The lowest BCUT2D eigenvalue weighted by Crippen LogP contribution is -2.03. The molecule has 2 aromatic heterocycles. The number of hydrogen-bond acceptors (Lipinski definition) is 2. The second-order valence-corrected chi connectivity index (χ2v) is 11.5. The van der Waals surface area contributed by atoms with Gasteiger partial charge in [-0.25, -0.2) is 9.97 Å². The van der Waals surface area contributed by atoms with Crippen molar-refractivity contribution < 1.29 is 0 Å². The number of aromatic nitrogens is 3. The molecule has 0 radical (unpaired) electrons. The highest BCUT2D eigenvalue weighted by Crippen LogP contribution is 2.37. The van der Waals surface area contributed by atoms with E-state index in [1.54, 1.807) is 0 Å². The Kier molecular flexibility index (Phi) is 5.82. The summed E-state index contributed by atoms with van der Waals surface area (Å²) in [4.78, 5) is 10.5. The van der Waals surface area contributed by atoms with Crippen LogP contribution in [-0.2, 0) is 0 Å². The fourth-order valence-electron chi connectivity index (χ4n) is 6.55. The van der Waals surface area contributed by atoms with Crippen LogP contribution in [0.2, 0.25) is 0 Å². The van der Waals surface area contributed by atoms with Crippen LogP contribution < -0.4 is 0 Å². The first-order valence-corrected chi connectivity index (χ1v) is 15.3. The Morgan fingerprint density at radius 2 is 0.933 bits per heavy atom. The average Bonchev–Trinajstić information content (AvgIpc) is 3.43. The van der Waals surface area contributed by atoms with Crippen LogP contribution >= 0.6 is 0 Å². The molecule has 0 aliphatic heterocycles. The van der Waals surface area contributed by atoms with Gasteiger partial charge < -0.3 is 0 Å². The van der Waals surface area contributed by atoms with Crippen molar-refractivity contribution >= 4 is 43.5 Å². The summed E-state index contributed by atoms with van der Waals surface area (Å²) in [7, 11) is 0. The van der Waals surface area contributed by atoms with Gasteiger partial charge in [0, 0.05) is 21.7 Å². The molecule has 0 spiro atoms. The molecular formula is C42H27N3. The van der Waals surface area contributed by atoms with Crippen LogP contribution in [-0.4, -0.2) is 14.5 Å². The van der Waals surface area contributed by atoms with Crippen molar-refractivity contribution in [3.05, 3.63) is 164 Å². The highest BCUT2D eigenvalue weighted by Gasteiger charge is 2.19. The second-order valence-electron chi connectivity index (χ2n) is 11.5. The number of para-hydroxylation sites is 1. The van der Waals surface area contributed by atoms with E-state index in [0.717, 1.165) is 44.4 Å². The molecule has 0 unspecified atom stereocenters. The topological polar surface area (TPSA) is 30.7 Å².